The largest absolute Gasteiger partial charge is 0.493 e. The molecule has 1 aliphatic heterocycles. The number of ether oxygens (including phenoxy) is 2. The molecule has 0 atom stereocenters. The fourth-order valence-corrected chi connectivity index (χ4v) is 3.24. The van der Waals surface area contributed by atoms with Crippen molar-refractivity contribution in [3.05, 3.63) is 70.3 Å². The summed E-state index contributed by atoms with van der Waals surface area (Å²) in [4.78, 5) is 31.7. The number of hydrogen-bond donors (Lipinski definition) is 0. The number of hydrogen-bond acceptors (Lipinski definition) is 5. The predicted octanol–water partition coefficient (Wildman–Crippen LogP) is 2.13. The number of benzene rings is 1. The van der Waals surface area contributed by atoms with Crippen molar-refractivity contribution in [3.8, 4) is 11.5 Å². The summed E-state index contributed by atoms with van der Waals surface area (Å²) < 4.78 is 12.6. The quantitative estimate of drug-likeness (QED) is 0.696. The minimum atomic E-state index is -0.366. The van der Waals surface area contributed by atoms with Crippen LogP contribution in [0.4, 0.5) is 0 Å². The molecule has 27 heavy (non-hydrogen) atoms. The molecule has 0 saturated heterocycles. The van der Waals surface area contributed by atoms with E-state index in [2.05, 4.69) is 4.98 Å². The summed E-state index contributed by atoms with van der Waals surface area (Å²) in [5, 5.41) is 0. The fourth-order valence-electron chi connectivity index (χ4n) is 3.24. The highest BCUT2D eigenvalue weighted by atomic mass is 16.5. The van der Waals surface area contributed by atoms with Gasteiger partial charge in [0.1, 0.15) is 11.2 Å². The number of carbonyl (C=O) groups excluding carboxylic acids is 1. The lowest BCUT2D eigenvalue weighted by Gasteiger charge is -2.27. The molecular weight excluding hydrogens is 346 g/mol. The standard InChI is InChI=1S/C20H19N3O4/c1-26-16-7-4-6-14-13-22(9-5-11-27-18(14)16)19(24)15-12-21-17-8-2-3-10-23(17)20(15)25/h2-4,6-8,10,12H,5,9,11,13H2,1H3. The van der Waals surface area contributed by atoms with Gasteiger partial charge in [-0.15, -0.1) is 0 Å². The zero-order chi connectivity index (χ0) is 18.8. The molecule has 0 spiro atoms. The fraction of sp³-hybridized carbons (Fsp3) is 0.250. The highest BCUT2D eigenvalue weighted by molar-refractivity contribution is 5.93. The van der Waals surface area contributed by atoms with Gasteiger partial charge in [-0.25, -0.2) is 4.98 Å². The molecule has 3 heterocycles. The summed E-state index contributed by atoms with van der Waals surface area (Å²) in [6.07, 6.45) is 3.64. The van der Waals surface area contributed by atoms with Crippen LogP contribution in [0.2, 0.25) is 0 Å². The van der Waals surface area contributed by atoms with Gasteiger partial charge in [-0.05, 0) is 24.6 Å². The van der Waals surface area contributed by atoms with Crippen molar-refractivity contribution in [2.24, 2.45) is 0 Å². The van der Waals surface area contributed by atoms with Gasteiger partial charge in [-0.1, -0.05) is 18.2 Å². The van der Waals surface area contributed by atoms with E-state index in [-0.39, 0.29) is 17.0 Å². The Bertz CT molecular complexity index is 1060. The van der Waals surface area contributed by atoms with Crippen molar-refractivity contribution >= 4 is 11.6 Å². The van der Waals surface area contributed by atoms with Crippen LogP contribution in [0, 0.1) is 0 Å². The first-order chi connectivity index (χ1) is 13.2. The second-order valence-corrected chi connectivity index (χ2v) is 6.28. The van der Waals surface area contributed by atoms with E-state index in [0.29, 0.717) is 43.3 Å². The summed E-state index contributed by atoms with van der Waals surface area (Å²) in [5.74, 6) is 0.946. The molecule has 138 valence electrons. The van der Waals surface area contributed by atoms with Crippen LogP contribution in [0.3, 0.4) is 0 Å². The highest BCUT2D eigenvalue weighted by Gasteiger charge is 2.24. The average molecular weight is 365 g/mol. The number of rotatable bonds is 2. The minimum absolute atomic E-state index is 0.0598. The van der Waals surface area contributed by atoms with Crippen molar-refractivity contribution in [2.75, 3.05) is 20.3 Å². The number of carbonyl (C=O) groups is 1. The summed E-state index contributed by atoms with van der Waals surface area (Å²) in [5.41, 5.74) is 1.05. The first kappa shape index (κ1) is 17.1. The van der Waals surface area contributed by atoms with E-state index < -0.39 is 0 Å². The maximum Gasteiger partial charge on any atom is 0.270 e. The van der Waals surface area contributed by atoms with Crippen molar-refractivity contribution in [1.29, 1.82) is 0 Å². The molecule has 0 bridgehead atoms. The van der Waals surface area contributed by atoms with Gasteiger partial charge in [-0.2, -0.15) is 0 Å². The Kier molecular flexibility index (Phi) is 4.50. The Morgan fingerprint density at radius 1 is 1.22 bits per heavy atom. The molecule has 2 aromatic heterocycles. The van der Waals surface area contributed by atoms with Crippen LogP contribution >= 0.6 is 0 Å². The number of nitrogens with zero attached hydrogens (tertiary/aromatic N) is 3. The molecular formula is C20H19N3O4. The SMILES string of the molecule is COc1cccc2c1OCCCN(C(=O)c1cnc3ccccn3c1=O)C2. The molecule has 7 nitrogen and oxygen atoms in total. The highest BCUT2D eigenvalue weighted by Crippen LogP contribution is 2.33. The number of pyridine rings is 1. The molecule has 0 aliphatic carbocycles. The minimum Gasteiger partial charge on any atom is -0.493 e. The molecule has 3 aromatic rings. The Morgan fingerprint density at radius 2 is 2.11 bits per heavy atom. The van der Waals surface area contributed by atoms with E-state index in [1.54, 1.807) is 36.4 Å². The van der Waals surface area contributed by atoms with E-state index in [4.69, 9.17) is 9.47 Å². The summed E-state index contributed by atoms with van der Waals surface area (Å²) in [7, 11) is 1.59. The van der Waals surface area contributed by atoms with Gasteiger partial charge in [-0.3, -0.25) is 14.0 Å². The lowest BCUT2D eigenvalue weighted by atomic mass is 10.1. The van der Waals surface area contributed by atoms with Gasteiger partial charge in [0.25, 0.3) is 11.5 Å². The van der Waals surface area contributed by atoms with Crippen LogP contribution < -0.4 is 15.0 Å². The zero-order valence-corrected chi connectivity index (χ0v) is 14.9. The first-order valence-corrected chi connectivity index (χ1v) is 8.73. The van der Waals surface area contributed by atoms with Crippen LogP contribution in [0.15, 0.2) is 53.6 Å². The average Bonchev–Trinajstić information content (AvgIpc) is 2.68. The zero-order valence-electron chi connectivity index (χ0n) is 14.9. The lowest BCUT2D eigenvalue weighted by molar-refractivity contribution is 0.0719. The molecule has 0 radical (unpaired) electrons. The van der Waals surface area contributed by atoms with Gasteiger partial charge in [0, 0.05) is 31.0 Å². The van der Waals surface area contributed by atoms with Crippen molar-refractivity contribution < 1.29 is 14.3 Å². The third kappa shape index (κ3) is 3.12. The summed E-state index contributed by atoms with van der Waals surface area (Å²) in [6.45, 7) is 1.29. The van der Waals surface area contributed by atoms with Crippen LogP contribution in [0.25, 0.3) is 5.65 Å². The predicted molar refractivity (Wildman–Crippen MR) is 99.3 cm³/mol. The Balaban J connectivity index is 1.71. The number of fused-ring (bicyclic) bond motifs is 2. The molecule has 1 aliphatic rings. The lowest BCUT2D eigenvalue weighted by Crippen LogP contribution is -2.37. The van der Waals surface area contributed by atoms with E-state index in [1.807, 2.05) is 18.2 Å². The van der Waals surface area contributed by atoms with E-state index >= 15 is 0 Å². The van der Waals surface area contributed by atoms with Crippen LogP contribution in [0.5, 0.6) is 11.5 Å². The van der Waals surface area contributed by atoms with Gasteiger partial charge in [0.05, 0.1) is 13.7 Å². The Morgan fingerprint density at radius 3 is 2.96 bits per heavy atom. The molecule has 1 amide bonds. The molecule has 7 heteroatoms. The molecule has 0 fully saturated rings. The second kappa shape index (κ2) is 7.11. The van der Waals surface area contributed by atoms with Gasteiger partial charge in [0.2, 0.25) is 0 Å². The van der Waals surface area contributed by atoms with Crippen molar-refractivity contribution in [1.82, 2.24) is 14.3 Å². The molecule has 1 aromatic carbocycles. The third-order valence-electron chi connectivity index (χ3n) is 4.59. The number of amides is 1. The molecule has 0 unspecified atom stereocenters. The van der Waals surface area contributed by atoms with Gasteiger partial charge < -0.3 is 14.4 Å². The van der Waals surface area contributed by atoms with E-state index in [0.717, 1.165) is 5.56 Å². The first-order valence-electron chi connectivity index (χ1n) is 8.73. The monoisotopic (exact) mass is 365 g/mol. The topological polar surface area (TPSA) is 73.1 Å². The Labute approximate surface area is 155 Å². The maximum absolute atomic E-state index is 13.1. The van der Waals surface area contributed by atoms with Gasteiger partial charge in [0.15, 0.2) is 11.5 Å². The molecule has 0 N–H and O–H groups in total. The number of aromatic nitrogens is 2. The van der Waals surface area contributed by atoms with Crippen molar-refractivity contribution in [2.45, 2.75) is 13.0 Å². The summed E-state index contributed by atoms with van der Waals surface area (Å²) >= 11 is 0. The van der Waals surface area contributed by atoms with Crippen LogP contribution in [-0.2, 0) is 6.54 Å². The van der Waals surface area contributed by atoms with E-state index in [1.165, 1.54) is 10.6 Å². The van der Waals surface area contributed by atoms with Crippen molar-refractivity contribution in [3.63, 3.8) is 0 Å². The molecule has 0 saturated carbocycles. The molecule has 4 rings (SSSR count). The number of methoxy groups -OCH3 is 1. The van der Waals surface area contributed by atoms with Crippen LogP contribution in [-0.4, -0.2) is 40.5 Å². The third-order valence-corrected chi connectivity index (χ3v) is 4.59. The summed E-state index contributed by atoms with van der Waals surface area (Å²) in [6, 6.07) is 10.8. The van der Waals surface area contributed by atoms with E-state index in [9.17, 15) is 9.59 Å². The van der Waals surface area contributed by atoms with Crippen LogP contribution in [0.1, 0.15) is 22.3 Å². The number of para-hydroxylation sites is 1. The van der Waals surface area contributed by atoms with Gasteiger partial charge >= 0.3 is 0 Å². The normalized spacial score (nSPS) is 14.0. The second-order valence-electron chi connectivity index (χ2n) is 6.28. The Hall–Kier alpha value is -3.35. The maximum atomic E-state index is 13.1. The smallest absolute Gasteiger partial charge is 0.270 e.